The highest BCUT2D eigenvalue weighted by Gasteiger charge is 2.33. The van der Waals surface area contributed by atoms with Gasteiger partial charge in [0, 0.05) is 0 Å². The van der Waals surface area contributed by atoms with Crippen molar-refractivity contribution in [2.75, 3.05) is 7.11 Å². The van der Waals surface area contributed by atoms with Crippen LogP contribution < -0.4 is 9.46 Å². The van der Waals surface area contributed by atoms with Crippen LogP contribution in [0.25, 0.3) is 0 Å². The van der Waals surface area contributed by atoms with E-state index in [9.17, 15) is 21.6 Å². The molecule has 126 valence electrons. The number of methoxy groups -OCH3 is 1. The van der Waals surface area contributed by atoms with Gasteiger partial charge in [0.2, 0.25) is 10.0 Å². The van der Waals surface area contributed by atoms with Crippen molar-refractivity contribution >= 4 is 10.0 Å². The second kappa shape index (κ2) is 6.20. The van der Waals surface area contributed by atoms with E-state index < -0.39 is 27.9 Å². The fraction of sp³-hybridized carbons (Fsp3) is 0.308. The summed E-state index contributed by atoms with van der Waals surface area (Å²) in [5.41, 5.74) is -1.04. The van der Waals surface area contributed by atoms with E-state index in [1.165, 1.54) is 38.3 Å². The molecular weight excluding hydrogens is 335 g/mol. The second-order valence-electron chi connectivity index (χ2n) is 4.70. The average Bonchev–Trinajstić information content (AvgIpc) is 2.97. The molecule has 0 spiro atoms. The number of sulfonamides is 1. The average molecular weight is 349 g/mol. The van der Waals surface area contributed by atoms with E-state index in [1.54, 1.807) is 0 Å². The molecule has 0 saturated heterocycles. The van der Waals surface area contributed by atoms with Crippen LogP contribution in [0.3, 0.4) is 0 Å². The molecule has 1 atom stereocenters. The Bertz CT molecular complexity index is 770. The van der Waals surface area contributed by atoms with Crippen molar-refractivity contribution < 1.29 is 26.3 Å². The summed E-state index contributed by atoms with van der Waals surface area (Å²) in [5, 5.41) is 0. The van der Waals surface area contributed by atoms with Gasteiger partial charge in [0.1, 0.15) is 17.3 Å². The lowest BCUT2D eigenvalue weighted by Gasteiger charge is -2.12. The number of ether oxygens (including phenoxy) is 1. The van der Waals surface area contributed by atoms with Crippen molar-refractivity contribution in [2.24, 2.45) is 0 Å². The van der Waals surface area contributed by atoms with Gasteiger partial charge < -0.3 is 9.72 Å². The van der Waals surface area contributed by atoms with Crippen LogP contribution in [-0.2, 0) is 16.2 Å². The molecule has 2 rings (SSSR count). The largest absolute Gasteiger partial charge is 0.497 e. The van der Waals surface area contributed by atoms with Gasteiger partial charge >= 0.3 is 6.18 Å². The molecule has 23 heavy (non-hydrogen) atoms. The van der Waals surface area contributed by atoms with E-state index in [0.29, 0.717) is 11.9 Å². The number of imidazole rings is 1. The Hall–Kier alpha value is -2.07. The minimum absolute atomic E-state index is 0.0345. The van der Waals surface area contributed by atoms with Crippen molar-refractivity contribution in [1.29, 1.82) is 0 Å². The van der Waals surface area contributed by atoms with Crippen molar-refractivity contribution in [2.45, 2.75) is 24.0 Å². The number of nitrogens with one attached hydrogen (secondary N) is 2. The molecule has 6 nitrogen and oxygen atoms in total. The molecule has 1 aromatic carbocycles. The standard InChI is InChI=1S/C13H14F3N3O3S/c1-8(12-17-7-11(18-12)13(14,15)16)19-23(20,21)10-5-3-9(22-2)4-6-10/h3-8,19H,1-2H3,(H,17,18). The number of halogens is 3. The fourth-order valence-corrected chi connectivity index (χ4v) is 3.02. The molecule has 1 unspecified atom stereocenters. The number of aromatic nitrogens is 2. The van der Waals surface area contributed by atoms with Gasteiger partial charge in [-0.2, -0.15) is 13.2 Å². The lowest BCUT2D eigenvalue weighted by molar-refractivity contribution is -0.140. The van der Waals surface area contributed by atoms with E-state index in [1.807, 2.05) is 0 Å². The first-order valence-electron chi connectivity index (χ1n) is 6.42. The molecule has 0 bridgehead atoms. The number of alkyl halides is 3. The molecule has 1 heterocycles. The van der Waals surface area contributed by atoms with Crippen LogP contribution in [0.15, 0.2) is 35.4 Å². The maximum Gasteiger partial charge on any atom is 0.432 e. The van der Waals surface area contributed by atoms with Crippen LogP contribution in [0, 0.1) is 0 Å². The van der Waals surface area contributed by atoms with Crippen LogP contribution in [0.2, 0.25) is 0 Å². The Morgan fingerprint density at radius 2 is 1.87 bits per heavy atom. The van der Waals surface area contributed by atoms with Gasteiger partial charge in [-0.05, 0) is 31.2 Å². The minimum atomic E-state index is -4.57. The van der Waals surface area contributed by atoms with E-state index in [-0.39, 0.29) is 10.7 Å². The van der Waals surface area contributed by atoms with Crippen molar-refractivity contribution in [1.82, 2.24) is 14.7 Å². The van der Waals surface area contributed by atoms with Crippen LogP contribution in [-0.4, -0.2) is 25.5 Å². The van der Waals surface area contributed by atoms with E-state index in [4.69, 9.17) is 4.74 Å². The van der Waals surface area contributed by atoms with Gasteiger partial charge in [-0.3, -0.25) is 0 Å². The lowest BCUT2D eigenvalue weighted by atomic mass is 10.3. The maximum absolute atomic E-state index is 12.5. The zero-order valence-electron chi connectivity index (χ0n) is 12.2. The molecule has 0 aliphatic heterocycles. The second-order valence-corrected chi connectivity index (χ2v) is 6.41. The van der Waals surface area contributed by atoms with Crippen LogP contribution in [0.1, 0.15) is 24.5 Å². The molecule has 2 aromatic rings. The lowest BCUT2D eigenvalue weighted by Crippen LogP contribution is -2.27. The molecule has 0 radical (unpaired) electrons. The first-order valence-corrected chi connectivity index (χ1v) is 7.90. The van der Waals surface area contributed by atoms with E-state index in [2.05, 4.69) is 14.7 Å². The zero-order chi connectivity index (χ0) is 17.3. The highest BCUT2D eigenvalue weighted by Crippen LogP contribution is 2.28. The number of benzene rings is 1. The molecule has 0 aliphatic carbocycles. The SMILES string of the molecule is COc1ccc(S(=O)(=O)NC(C)c2ncc(C(F)(F)F)[nH]2)cc1. The molecular formula is C13H14F3N3O3S. The summed E-state index contributed by atoms with van der Waals surface area (Å²) in [7, 11) is -2.46. The van der Waals surface area contributed by atoms with Gasteiger partial charge in [-0.25, -0.2) is 18.1 Å². The number of aromatic amines is 1. The molecule has 0 fully saturated rings. The first kappa shape index (κ1) is 17.3. The minimum Gasteiger partial charge on any atom is -0.497 e. The highest BCUT2D eigenvalue weighted by atomic mass is 32.2. The highest BCUT2D eigenvalue weighted by molar-refractivity contribution is 7.89. The zero-order valence-corrected chi connectivity index (χ0v) is 13.0. The van der Waals surface area contributed by atoms with Gasteiger partial charge in [0.05, 0.1) is 24.2 Å². The number of hydrogen-bond donors (Lipinski definition) is 2. The summed E-state index contributed by atoms with van der Waals surface area (Å²) in [6, 6.07) is 4.63. The Morgan fingerprint density at radius 3 is 2.35 bits per heavy atom. The number of rotatable bonds is 5. The summed E-state index contributed by atoms with van der Waals surface area (Å²) >= 11 is 0. The summed E-state index contributed by atoms with van der Waals surface area (Å²) in [6.45, 7) is 1.39. The molecule has 1 aromatic heterocycles. The summed E-state index contributed by atoms with van der Waals surface area (Å²) in [6.07, 6.45) is -3.95. The maximum atomic E-state index is 12.5. The Morgan fingerprint density at radius 1 is 1.26 bits per heavy atom. The fourth-order valence-electron chi connectivity index (χ4n) is 1.81. The number of nitrogens with zero attached hydrogens (tertiary/aromatic N) is 1. The smallest absolute Gasteiger partial charge is 0.432 e. The third-order valence-electron chi connectivity index (χ3n) is 3.01. The predicted molar refractivity (Wildman–Crippen MR) is 75.3 cm³/mol. The molecule has 0 amide bonds. The monoisotopic (exact) mass is 349 g/mol. The van der Waals surface area contributed by atoms with Crippen LogP contribution in [0.5, 0.6) is 5.75 Å². The molecule has 0 aliphatic rings. The molecule has 10 heteroatoms. The third kappa shape index (κ3) is 4.02. The third-order valence-corrected chi connectivity index (χ3v) is 4.57. The van der Waals surface area contributed by atoms with Gasteiger partial charge in [0.15, 0.2) is 0 Å². The van der Waals surface area contributed by atoms with Gasteiger partial charge in [-0.15, -0.1) is 0 Å². The molecule has 0 saturated carbocycles. The Kier molecular flexibility index (Phi) is 4.66. The number of hydrogen-bond acceptors (Lipinski definition) is 4. The normalized spacial score (nSPS) is 13.8. The van der Waals surface area contributed by atoms with Crippen LogP contribution >= 0.6 is 0 Å². The summed E-state index contributed by atoms with van der Waals surface area (Å²) in [4.78, 5) is 5.59. The van der Waals surface area contributed by atoms with E-state index in [0.717, 1.165) is 0 Å². The number of H-pyrrole nitrogens is 1. The Labute approximate surface area is 130 Å². The van der Waals surface area contributed by atoms with Crippen molar-refractivity contribution in [3.8, 4) is 5.75 Å². The predicted octanol–water partition coefficient (Wildman–Crippen LogP) is 2.48. The topological polar surface area (TPSA) is 84.1 Å². The van der Waals surface area contributed by atoms with Crippen LogP contribution in [0.4, 0.5) is 13.2 Å². The molecule has 2 N–H and O–H groups in total. The van der Waals surface area contributed by atoms with Crippen molar-refractivity contribution in [3.05, 3.63) is 42.0 Å². The van der Waals surface area contributed by atoms with Crippen molar-refractivity contribution in [3.63, 3.8) is 0 Å². The quantitative estimate of drug-likeness (QED) is 0.869. The van der Waals surface area contributed by atoms with Gasteiger partial charge in [0.25, 0.3) is 0 Å². The summed E-state index contributed by atoms with van der Waals surface area (Å²) in [5.74, 6) is 0.354. The first-order chi connectivity index (χ1) is 10.6. The summed E-state index contributed by atoms with van der Waals surface area (Å²) < 4.78 is 69.1. The van der Waals surface area contributed by atoms with E-state index >= 15 is 0 Å². The van der Waals surface area contributed by atoms with Gasteiger partial charge in [-0.1, -0.05) is 0 Å². The Balaban J connectivity index is 2.17.